The normalized spacial score (nSPS) is 10.9. The number of thioether (sulfide) groups is 1. The topological polar surface area (TPSA) is 43.3 Å². The average molecular weight is 437 g/mol. The van der Waals surface area contributed by atoms with Gasteiger partial charge in [0.2, 0.25) is 5.91 Å². The molecule has 4 rings (SSSR count). The molecule has 0 aliphatic carbocycles. The summed E-state index contributed by atoms with van der Waals surface area (Å²) >= 11 is 7.54. The van der Waals surface area contributed by atoms with Gasteiger partial charge in [0.15, 0.2) is 0 Å². The molecule has 0 bridgehead atoms. The van der Waals surface area contributed by atoms with E-state index in [9.17, 15) is 4.79 Å². The van der Waals surface area contributed by atoms with Crippen molar-refractivity contribution >= 4 is 45.9 Å². The van der Waals surface area contributed by atoms with Gasteiger partial charge in [-0.1, -0.05) is 48.0 Å². The number of methoxy groups -OCH3 is 1. The van der Waals surface area contributed by atoms with Crippen LogP contribution in [0.2, 0.25) is 5.02 Å². The number of amides is 1. The van der Waals surface area contributed by atoms with Crippen LogP contribution in [0.25, 0.3) is 10.9 Å². The van der Waals surface area contributed by atoms with Gasteiger partial charge in [-0.25, -0.2) is 0 Å². The van der Waals surface area contributed by atoms with Crippen molar-refractivity contribution in [1.82, 2.24) is 4.57 Å². The van der Waals surface area contributed by atoms with Crippen LogP contribution in [-0.4, -0.2) is 23.3 Å². The summed E-state index contributed by atoms with van der Waals surface area (Å²) in [5.74, 6) is 0.986. The van der Waals surface area contributed by atoms with Crippen LogP contribution >= 0.6 is 23.4 Å². The highest BCUT2D eigenvalue weighted by Crippen LogP contribution is 2.31. The lowest BCUT2D eigenvalue weighted by molar-refractivity contribution is -0.113. The molecule has 0 saturated heterocycles. The molecule has 0 fully saturated rings. The zero-order chi connectivity index (χ0) is 20.9. The maximum Gasteiger partial charge on any atom is 0.234 e. The van der Waals surface area contributed by atoms with Gasteiger partial charge in [-0.3, -0.25) is 4.79 Å². The van der Waals surface area contributed by atoms with Gasteiger partial charge < -0.3 is 14.6 Å². The Labute approximate surface area is 184 Å². The highest BCUT2D eigenvalue weighted by molar-refractivity contribution is 8.00. The van der Waals surface area contributed by atoms with Crippen LogP contribution < -0.4 is 10.1 Å². The van der Waals surface area contributed by atoms with E-state index in [2.05, 4.69) is 28.2 Å². The number of aromatic nitrogens is 1. The number of nitrogens with zero attached hydrogens (tertiary/aromatic N) is 1. The molecule has 6 heteroatoms. The van der Waals surface area contributed by atoms with Crippen LogP contribution in [0.1, 0.15) is 5.56 Å². The van der Waals surface area contributed by atoms with Crippen molar-refractivity contribution in [3.63, 3.8) is 0 Å². The lowest BCUT2D eigenvalue weighted by atomic mass is 10.2. The van der Waals surface area contributed by atoms with Gasteiger partial charge in [-0.15, -0.1) is 11.8 Å². The molecule has 30 heavy (non-hydrogen) atoms. The standard InChI is InChI=1S/C24H21ClN2O2S/c1-29-20-6-4-5-19(13-20)26-24(28)16-30-23-15-27(22-8-3-2-7-21(22)23)14-17-9-11-18(25)12-10-17/h2-13,15H,14,16H2,1H3,(H,26,28). The third-order valence-corrected chi connectivity index (χ3v) is 6.03. The number of rotatable bonds is 7. The van der Waals surface area contributed by atoms with Gasteiger partial charge in [0.05, 0.1) is 12.9 Å². The fraction of sp³-hybridized carbons (Fsp3) is 0.125. The number of halogens is 1. The predicted molar refractivity (Wildman–Crippen MR) is 125 cm³/mol. The van der Waals surface area contributed by atoms with Gasteiger partial charge in [0, 0.05) is 45.3 Å². The maximum atomic E-state index is 12.5. The zero-order valence-electron chi connectivity index (χ0n) is 16.5. The molecule has 0 saturated carbocycles. The Morgan fingerprint density at radius 3 is 2.67 bits per heavy atom. The van der Waals surface area contributed by atoms with Crippen LogP contribution in [0.3, 0.4) is 0 Å². The maximum absolute atomic E-state index is 12.5. The third-order valence-electron chi connectivity index (χ3n) is 4.73. The van der Waals surface area contributed by atoms with E-state index >= 15 is 0 Å². The van der Waals surface area contributed by atoms with Gasteiger partial charge in [0.25, 0.3) is 0 Å². The lowest BCUT2D eigenvalue weighted by Gasteiger charge is -2.06. The Hall–Kier alpha value is -2.89. The largest absolute Gasteiger partial charge is 0.497 e. The summed E-state index contributed by atoms with van der Waals surface area (Å²) in [6.45, 7) is 0.744. The van der Waals surface area contributed by atoms with E-state index in [-0.39, 0.29) is 5.91 Å². The molecular weight excluding hydrogens is 416 g/mol. The molecule has 3 aromatic carbocycles. The second kappa shape index (κ2) is 9.28. The third kappa shape index (κ3) is 4.81. The predicted octanol–water partition coefficient (Wildman–Crippen LogP) is 6.08. The number of anilines is 1. The minimum atomic E-state index is -0.0530. The highest BCUT2D eigenvalue weighted by atomic mass is 35.5. The average Bonchev–Trinajstić information content (AvgIpc) is 3.11. The van der Waals surface area contributed by atoms with E-state index in [1.807, 2.05) is 54.6 Å². The molecule has 1 aromatic heterocycles. The van der Waals surface area contributed by atoms with E-state index in [0.29, 0.717) is 11.5 Å². The molecule has 0 radical (unpaired) electrons. The molecule has 152 valence electrons. The van der Waals surface area contributed by atoms with Gasteiger partial charge in [-0.2, -0.15) is 0 Å². The minimum absolute atomic E-state index is 0.0530. The van der Waals surface area contributed by atoms with Crippen molar-refractivity contribution in [3.05, 3.63) is 89.6 Å². The van der Waals surface area contributed by atoms with Crippen molar-refractivity contribution in [1.29, 1.82) is 0 Å². The first-order chi connectivity index (χ1) is 14.6. The molecule has 0 aliphatic rings. The number of carbonyl (C=O) groups excluding carboxylic acids is 1. The number of carbonyl (C=O) groups is 1. The molecule has 0 unspecified atom stereocenters. The number of ether oxygens (including phenoxy) is 1. The molecule has 1 heterocycles. The first kappa shape index (κ1) is 20.4. The van der Waals surface area contributed by atoms with E-state index in [4.69, 9.17) is 16.3 Å². The Balaban J connectivity index is 1.48. The number of fused-ring (bicyclic) bond motifs is 1. The Bertz CT molecular complexity index is 1170. The molecule has 4 nitrogen and oxygen atoms in total. The SMILES string of the molecule is COc1cccc(NC(=O)CSc2cn(Cc3ccc(Cl)cc3)c3ccccc23)c1. The molecule has 1 N–H and O–H groups in total. The summed E-state index contributed by atoms with van der Waals surface area (Å²) in [7, 11) is 1.61. The molecule has 0 atom stereocenters. The second-order valence-corrected chi connectivity index (χ2v) is 8.29. The monoisotopic (exact) mass is 436 g/mol. The summed E-state index contributed by atoms with van der Waals surface area (Å²) < 4.78 is 7.41. The van der Waals surface area contributed by atoms with E-state index < -0.39 is 0 Å². The summed E-state index contributed by atoms with van der Waals surface area (Å²) in [4.78, 5) is 13.5. The number of hydrogen-bond donors (Lipinski definition) is 1. The van der Waals surface area contributed by atoms with Crippen LogP contribution in [0.4, 0.5) is 5.69 Å². The number of hydrogen-bond acceptors (Lipinski definition) is 3. The van der Waals surface area contributed by atoms with Gasteiger partial charge in [-0.05, 0) is 35.9 Å². The first-order valence-electron chi connectivity index (χ1n) is 9.51. The quantitative estimate of drug-likeness (QED) is 0.357. The number of nitrogens with one attached hydrogen (secondary N) is 1. The van der Waals surface area contributed by atoms with Crippen molar-refractivity contribution in [2.75, 3.05) is 18.2 Å². The van der Waals surface area contributed by atoms with Crippen molar-refractivity contribution in [2.24, 2.45) is 0 Å². The highest BCUT2D eigenvalue weighted by Gasteiger charge is 2.11. The van der Waals surface area contributed by atoms with Gasteiger partial charge in [0.1, 0.15) is 5.75 Å². The van der Waals surface area contributed by atoms with Crippen LogP contribution in [0.15, 0.2) is 83.9 Å². The molecular formula is C24H21ClN2O2S. The molecule has 4 aromatic rings. The van der Waals surface area contributed by atoms with E-state index in [1.165, 1.54) is 17.3 Å². The molecule has 1 amide bonds. The second-order valence-electron chi connectivity index (χ2n) is 6.83. The van der Waals surface area contributed by atoms with Crippen LogP contribution in [0.5, 0.6) is 5.75 Å². The fourth-order valence-electron chi connectivity index (χ4n) is 3.29. The van der Waals surface area contributed by atoms with Crippen molar-refractivity contribution in [2.45, 2.75) is 11.4 Å². The van der Waals surface area contributed by atoms with Crippen LogP contribution in [-0.2, 0) is 11.3 Å². The minimum Gasteiger partial charge on any atom is -0.497 e. The smallest absolute Gasteiger partial charge is 0.234 e. The fourth-order valence-corrected chi connectivity index (χ4v) is 4.30. The number of para-hydroxylation sites is 1. The molecule has 0 spiro atoms. The van der Waals surface area contributed by atoms with Crippen molar-refractivity contribution < 1.29 is 9.53 Å². The van der Waals surface area contributed by atoms with Gasteiger partial charge >= 0.3 is 0 Å². The lowest BCUT2D eigenvalue weighted by Crippen LogP contribution is -2.13. The first-order valence-corrected chi connectivity index (χ1v) is 10.9. The summed E-state index contributed by atoms with van der Waals surface area (Å²) in [5, 5.41) is 4.80. The van der Waals surface area contributed by atoms with E-state index in [0.717, 1.165) is 33.1 Å². The Morgan fingerprint density at radius 2 is 1.87 bits per heavy atom. The van der Waals surface area contributed by atoms with E-state index in [1.54, 1.807) is 13.2 Å². The Kier molecular flexibility index (Phi) is 6.31. The van der Waals surface area contributed by atoms with Crippen molar-refractivity contribution in [3.8, 4) is 5.75 Å². The Morgan fingerprint density at radius 1 is 1.07 bits per heavy atom. The zero-order valence-corrected chi connectivity index (χ0v) is 18.0. The number of benzene rings is 3. The van der Waals surface area contributed by atoms with Crippen LogP contribution in [0, 0.1) is 0 Å². The summed E-state index contributed by atoms with van der Waals surface area (Å²) in [6.07, 6.45) is 2.11. The molecule has 0 aliphatic heterocycles. The summed E-state index contributed by atoms with van der Waals surface area (Å²) in [5.41, 5.74) is 3.04. The summed E-state index contributed by atoms with van der Waals surface area (Å²) in [6, 6.07) is 23.5.